The monoisotopic (exact) mass is 212 g/mol. The third-order valence-corrected chi connectivity index (χ3v) is 2.56. The van der Waals surface area contributed by atoms with E-state index in [-0.39, 0.29) is 30.4 Å². The normalized spacial score (nSPS) is 35.9. The second-order valence-electron chi connectivity index (χ2n) is 3.86. The Morgan fingerprint density at radius 1 is 1.67 bits per heavy atom. The Morgan fingerprint density at radius 3 is 3.13 bits per heavy atom. The Hall–Kier alpha value is -1.20. The van der Waals surface area contributed by atoms with Gasteiger partial charge in [0.2, 0.25) is 5.91 Å². The van der Waals surface area contributed by atoms with Gasteiger partial charge in [0, 0.05) is 5.92 Å². The standard InChI is InChI=1S/C10H13FN2O2/c1-5-2-6(11)3-8-9(5)15-4-7(12)10(14)13-8/h2-3,5,7,9H,4,12H2,1H3,(H,13,14)/t5?,7-,9?/m0/s1. The Labute approximate surface area is 87.0 Å². The van der Waals surface area contributed by atoms with Gasteiger partial charge in [-0.3, -0.25) is 4.79 Å². The summed E-state index contributed by atoms with van der Waals surface area (Å²) in [4.78, 5) is 11.4. The third-order valence-electron chi connectivity index (χ3n) is 2.56. The van der Waals surface area contributed by atoms with Gasteiger partial charge in [0.1, 0.15) is 18.0 Å². The van der Waals surface area contributed by atoms with Crippen LogP contribution in [-0.2, 0) is 9.53 Å². The summed E-state index contributed by atoms with van der Waals surface area (Å²) in [5.74, 6) is -0.783. The highest BCUT2D eigenvalue weighted by Crippen LogP contribution is 2.26. The van der Waals surface area contributed by atoms with Crippen molar-refractivity contribution in [3.63, 3.8) is 0 Å². The summed E-state index contributed by atoms with van der Waals surface area (Å²) in [6.07, 6.45) is 2.44. The van der Waals surface area contributed by atoms with Crippen molar-refractivity contribution in [3.8, 4) is 0 Å². The maximum Gasteiger partial charge on any atom is 0.243 e. The van der Waals surface area contributed by atoms with Gasteiger partial charge in [-0.05, 0) is 12.2 Å². The van der Waals surface area contributed by atoms with Gasteiger partial charge in [0.15, 0.2) is 0 Å². The fraction of sp³-hybridized carbons (Fsp3) is 0.500. The number of halogens is 1. The van der Waals surface area contributed by atoms with Crippen molar-refractivity contribution in [1.29, 1.82) is 0 Å². The maximum absolute atomic E-state index is 13.1. The van der Waals surface area contributed by atoms with E-state index >= 15 is 0 Å². The molecule has 2 unspecified atom stereocenters. The molecule has 1 heterocycles. The lowest BCUT2D eigenvalue weighted by atomic mass is 9.96. The van der Waals surface area contributed by atoms with Gasteiger partial charge in [0.05, 0.1) is 12.3 Å². The number of hydrogen-bond acceptors (Lipinski definition) is 3. The average Bonchev–Trinajstić information content (AvgIpc) is 2.27. The van der Waals surface area contributed by atoms with Crippen molar-refractivity contribution in [3.05, 3.63) is 23.7 Å². The lowest BCUT2D eigenvalue weighted by molar-refractivity contribution is -0.121. The van der Waals surface area contributed by atoms with E-state index in [2.05, 4.69) is 5.32 Å². The summed E-state index contributed by atoms with van der Waals surface area (Å²) in [6, 6.07) is -0.688. The van der Waals surface area contributed by atoms with Crippen LogP contribution in [0.2, 0.25) is 0 Å². The molecule has 0 bridgehead atoms. The minimum absolute atomic E-state index is 0.101. The molecule has 2 rings (SSSR count). The fourth-order valence-corrected chi connectivity index (χ4v) is 1.77. The molecule has 1 aliphatic carbocycles. The minimum atomic E-state index is -0.688. The van der Waals surface area contributed by atoms with Crippen molar-refractivity contribution >= 4 is 5.91 Å². The molecule has 2 aliphatic rings. The van der Waals surface area contributed by atoms with Gasteiger partial charge in [-0.1, -0.05) is 6.92 Å². The summed E-state index contributed by atoms with van der Waals surface area (Å²) in [5.41, 5.74) is 6.00. The topological polar surface area (TPSA) is 64.4 Å². The average molecular weight is 212 g/mol. The van der Waals surface area contributed by atoms with Crippen LogP contribution >= 0.6 is 0 Å². The molecule has 0 saturated carbocycles. The zero-order chi connectivity index (χ0) is 11.0. The SMILES string of the molecule is CC1C=C(F)C=C2NC(=O)[C@@H](N)COC21. The summed E-state index contributed by atoms with van der Waals surface area (Å²) < 4.78 is 18.6. The number of ether oxygens (including phenoxy) is 1. The summed E-state index contributed by atoms with van der Waals surface area (Å²) >= 11 is 0. The van der Waals surface area contributed by atoms with E-state index in [4.69, 9.17) is 10.5 Å². The highest BCUT2D eigenvalue weighted by atomic mass is 19.1. The highest BCUT2D eigenvalue weighted by molar-refractivity contribution is 5.83. The van der Waals surface area contributed by atoms with Crippen LogP contribution in [0, 0.1) is 5.92 Å². The Bertz CT molecular complexity index is 351. The first-order chi connectivity index (χ1) is 7.08. The maximum atomic E-state index is 13.1. The molecule has 3 atom stereocenters. The molecule has 5 heteroatoms. The Balaban J connectivity index is 2.27. The number of hydrogen-bond donors (Lipinski definition) is 2. The molecule has 15 heavy (non-hydrogen) atoms. The Morgan fingerprint density at radius 2 is 2.40 bits per heavy atom. The Kier molecular flexibility index (Phi) is 2.58. The van der Waals surface area contributed by atoms with E-state index in [9.17, 15) is 9.18 Å². The quantitative estimate of drug-likeness (QED) is 0.603. The molecule has 0 aromatic heterocycles. The number of amides is 1. The van der Waals surface area contributed by atoms with Gasteiger partial charge in [-0.2, -0.15) is 0 Å². The van der Waals surface area contributed by atoms with Crippen LogP contribution in [0.4, 0.5) is 4.39 Å². The molecule has 4 nitrogen and oxygen atoms in total. The van der Waals surface area contributed by atoms with Crippen LogP contribution in [-0.4, -0.2) is 24.7 Å². The zero-order valence-electron chi connectivity index (χ0n) is 8.37. The number of nitrogens with one attached hydrogen (secondary N) is 1. The minimum Gasteiger partial charge on any atom is -0.369 e. The van der Waals surface area contributed by atoms with Gasteiger partial charge >= 0.3 is 0 Å². The van der Waals surface area contributed by atoms with E-state index in [1.54, 1.807) is 0 Å². The van der Waals surface area contributed by atoms with Crippen LogP contribution in [0.15, 0.2) is 23.7 Å². The van der Waals surface area contributed by atoms with Crippen LogP contribution in [0.1, 0.15) is 6.92 Å². The second kappa shape index (κ2) is 3.75. The van der Waals surface area contributed by atoms with Crippen molar-refractivity contribution in [2.45, 2.75) is 19.1 Å². The molecule has 82 valence electrons. The van der Waals surface area contributed by atoms with Gasteiger partial charge in [-0.25, -0.2) is 4.39 Å². The van der Waals surface area contributed by atoms with Crippen molar-refractivity contribution < 1.29 is 13.9 Å². The van der Waals surface area contributed by atoms with E-state index < -0.39 is 6.04 Å². The largest absolute Gasteiger partial charge is 0.369 e. The predicted octanol–water partition coefficient (Wildman–Crippen LogP) is 0.216. The number of nitrogens with two attached hydrogens (primary N) is 1. The summed E-state index contributed by atoms with van der Waals surface area (Å²) in [7, 11) is 0. The van der Waals surface area contributed by atoms with E-state index in [1.165, 1.54) is 12.2 Å². The number of carbonyl (C=O) groups is 1. The van der Waals surface area contributed by atoms with Gasteiger partial charge < -0.3 is 15.8 Å². The molecule has 0 aromatic rings. The van der Waals surface area contributed by atoms with Crippen LogP contribution in [0.25, 0.3) is 0 Å². The van der Waals surface area contributed by atoms with E-state index in [0.29, 0.717) is 5.70 Å². The first-order valence-corrected chi connectivity index (χ1v) is 4.85. The summed E-state index contributed by atoms with van der Waals surface area (Å²) in [6.45, 7) is 1.99. The summed E-state index contributed by atoms with van der Waals surface area (Å²) in [5, 5.41) is 2.58. The number of allylic oxidation sites excluding steroid dienone is 2. The molecular weight excluding hydrogens is 199 g/mol. The van der Waals surface area contributed by atoms with Crippen LogP contribution in [0.5, 0.6) is 0 Å². The number of fused-ring (bicyclic) bond motifs is 1. The molecule has 3 N–H and O–H groups in total. The van der Waals surface area contributed by atoms with Crippen molar-refractivity contribution in [2.24, 2.45) is 11.7 Å². The van der Waals surface area contributed by atoms with Crippen LogP contribution < -0.4 is 11.1 Å². The molecule has 1 fully saturated rings. The van der Waals surface area contributed by atoms with Gasteiger partial charge in [-0.15, -0.1) is 0 Å². The first-order valence-electron chi connectivity index (χ1n) is 4.85. The molecule has 0 spiro atoms. The molecule has 0 radical (unpaired) electrons. The van der Waals surface area contributed by atoms with E-state index in [1.807, 2.05) is 6.92 Å². The second-order valence-corrected chi connectivity index (χ2v) is 3.86. The highest BCUT2D eigenvalue weighted by Gasteiger charge is 2.32. The molecule has 1 aliphatic heterocycles. The molecule has 0 aromatic carbocycles. The predicted molar refractivity (Wildman–Crippen MR) is 52.3 cm³/mol. The number of rotatable bonds is 0. The van der Waals surface area contributed by atoms with Crippen molar-refractivity contribution in [1.82, 2.24) is 5.32 Å². The molecular formula is C10H13FN2O2. The number of carbonyl (C=O) groups excluding carboxylic acids is 1. The first kappa shape index (κ1) is 10.3. The smallest absolute Gasteiger partial charge is 0.243 e. The van der Waals surface area contributed by atoms with E-state index in [0.717, 1.165) is 0 Å². The van der Waals surface area contributed by atoms with Crippen molar-refractivity contribution in [2.75, 3.05) is 6.61 Å². The lowest BCUT2D eigenvalue weighted by Crippen LogP contribution is -2.40. The van der Waals surface area contributed by atoms with Crippen LogP contribution in [0.3, 0.4) is 0 Å². The third kappa shape index (κ3) is 1.93. The lowest BCUT2D eigenvalue weighted by Gasteiger charge is -2.25. The fourth-order valence-electron chi connectivity index (χ4n) is 1.77. The molecule has 1 saturated heterocycles. The van der Waals surface area contributed by atoms with Gasteiger partial charge in [0.25, 0.3) is 0 Å². The molecule has 1 amide bonds. The zero-order valence-corrected chi connectivity index (χ0v) is 8.37.